The molecule has 0 saturated carbocycles. The first-order valence-electron chi connectivity index (χ1n) is 8.89. The van der Waals surface area contributed by atoms with Crippen molar-refractivity contribution in [1.29, 1.82) is 0 Å². The minimum atomic E-state index is -0.798. The Morgan fingerprint density at radius 1 is 1.19 bits per heavy atom. The summed E-state index contributed by atoms with van der Waals surface area (Å²) < 4.78 is 10.7. The van der Waals surface area contributed by atoms with Crippen LogP contribution < -0.4 is 15.2 Å². The summed E-state index contributed by atoms with van der Waals surface area (Å²) in [5.41, 5.74) is 6.84. The summed E-state index contributed by atoms with van der Waals surface area (Å²) in [5, 5.41) is -0.529. The van der Waals surface area contributed by atoms with Crippen LogP contribution >= 0.6 is 23.4 Å². The van der Waals surface area contributed by atoms with Gasteiger partial charge in [0, 0.05) is 0 Å². The number of amides is 3. The molecule has 160 valence electrons. The smallest absolute Gasteiger partial charge is 0.343 e. The molecule has 0 atom stereocenters. The SMILES string of the molecule is COc1cc(/C=C2\SC(=O)N(CC(N)=O)C2=O)cc(Cl)c1OC(=O)c1ccc(C)cc1. The van der Waals surface area contributed by atoms with Crippen LogP contribution in [0.1, 0.15) is 21.5 Å². The lowest BCUT2D eigenvalue weighted by Gasteiger charge is -2.12. The maximum atomic E-state index is 12.4. The fraction of sp³-hybridized carbons (Fsp3) is 0.143. The molecular formula is C21H17ClN2O6S. The van der Waals surface area contributed by atoms with Crippen LogP contribution in [0.15, 0.2) is 41.3 Å². The topological polar surface area (TPSA) is 116 Å². The highest BCUT2D eigenvalue weighted by molar-refractivity contribution is 8.18. The van der Waals surface area contributed by atoms with Gasteiger partial charge in [-0.3, -0.25) is 19.3 Å². The van der Waals surface area contributed by atoms with Gasteiger partial charge in [0.2, 0.25) is 5.91 Å². The van der Waals surface area contributed by atoms with E-state index in [1.54, 1.807) is 24.3 Å². The number of thioether (sulfide) groups is 1. The number of carbonyl (C=O) groups is 4. The minimum Gasteiger partial charge on any atom is -0.493 e. The van der Waals surface area contributed by atoms with E-state index in [1.807, 2.05) is 6.92 Å². The van der Waals surface area contributed by atoms with Gasteiger partial charge in [0.15, 0.2) is 11.5 Å². The van der Waals surface area contributed by atoms with Crippen LogP contribution in [0.4, 0.5) is 4.79 Å². The van der Waals surface area contributed by atoms with Gasteiger partial charge in [-0.05, 0) is 54.6 Å². The summed E-state index contributed by atoms with van der Waals surface area (Å²) in [6, 6.07) is 9.80. The highest BCUT2D eigenvalue weighted by atomic mass is 35.5. The number of aryl methyl sites for hydroxylation is 1. The van der Waals surface area contributed by atoms with Crippen molar-refractivity contribution in [1.82, 2.24) is 4.90 Å². The number of primary amides is 1. The number of nitrogens with zero attached hydrogens (tertiary/aromatic N) is 1. The summed E-state index contributed by atoms with van der Waals surface area (Å²) in [6.07, 6.45) is 1.42. The van der Waals surface area contributed by atoms with E-state index in [-0.39, 0.29) is 21.4 Å². The quantitative estimate of drug-likeness (QED) is 0.399. The van der Waals surface area contributed by atoms with E-state index in [4.69, 9.17) is 26.8 Å². The Morgan fingerprint density at radius 3 is 2.48 bits per heavy atom. The molecule has 0 unspecified atom stereocenters. The molecule has 31 heavy (non-hydrogen) atoms. The number of carbonyl (C=O) groups excluding carboxylic acids is 4. The third kappa shape index (κ3) is 5.07. The van der Waals surface area contributed by atoms with Crippen molar-refractivity contribution < 1.29 is 28.7 Å². The van der Waals surface area contributed by atoms with Gasteiger partial charge >= 0.3 is 5.97 Å². The lowest BCUT2D eigenvalue weighted by atomic mass is 10.1. The Balaban J connectivity index is 1.87. The molecule has 10 heteroatoms. The second kappa shape index (κ2) is 9.23. The third-order valence-electron chi connectivity index (χ3n) is 4.22. The van der Waals surface area contributed by atoms with Gasteiger partial charge in [-0.15, -0.1) is 0 Å². The summed E-state index contributed by atoms with van der Waals surface area (Å²) in [5.74, 6) is -1.86. The molecular weight excluding hydrogens is 444 g/mol. The maximum Gasteiger partial charge on any atom is 0.343 e. The van der Waals surface area contributed by atoms with Crippen molar-refractivity contribution in [3.8, 4) is 11.5 Å². The number of ether oxygens (including phenoxy) is 2. The first-order valence-corrected chi connectivity index (χ1v) is 10.1. The molecule has 1 aliphatic heterocycles. The maximum absolute atomic E-state index is 12.4. The monoisotopic (exact) mass is 460 g/mol. The molecule has 3 amide bonds. The van der Waals surface area contributed by atoms with Gasteiger partial charge in [0.05, 0.1) is 22.6 Å². The van der Waals surface area contributed by atoms with Crippen molar-refractivity contribution in [2.75, 3.05) is 13.7 Å². The van der Waals surface area contributed by atoms with Gasteiger partial charge in [-0.25, -0.2) is 4.79 Å². The second-order valence-corrected chi connectivity index (χ2v) is 7.92. The molecule has 0 bridgehead atoms. The number of hydrogen-bond donors (Lipinski definition) is 1. The van der Waals surface area contributed by atoms with Crippen molar-refractivity contribution in [2.45, 2.75) is 6.92 Å². The van der Waals surface area contributed by atoms with Crippen LogP contribution in [-0.2, 0) is 9.59 Å². The molecule has 1 heterocycles. The van der Waals surface area contributed by atoms with Crippen LogP contribution in [0.5, 0.6) is 11.5 Å². The largest absolute Gasteiger partial charge is 0.493 e. The molecule has 0 spiro atoms. The molecule has 8 nitrogen and oxygen atoms in total. The van der Waals surface area contributed by atoms with Gasteiger partial charge in [-0.1, -0.05) is 29.3 Å². The fourth-order valence-corrected chi connectivity index (χ4v) is 3.80. The van der Waals surface area contributed by atoms with E-state index >= 15 is 0 Å². The zero-order valence-electron chi connectivity index (χ0n) is 16.5. The van der Waals surface area contributed by atoms with Crippen LogP contribution in [0.25, 0.3) is 6.08 Å². The number of benzene rings is 2. The van der Waals surface area contributed by atoms with Crippen LogP contribution in [0, 0.1) is 6.92 Å². The first kappa shape index (κ1) is 22.4. The van der Waals surface area contributed by atoms with E-state index in [9.17, 15) is 19.2 Å². The highest BCUT2D eigenvalue weighted by Crippen LogP contribution is 2.39. The standard InChI is InChI=1S/C21H17ClN2O6S/c1-11-3-5-13(6-4-11)20(27)30-18-14(22)7-12(8-15(18)29-2)9-16-19(26)24(10-17(23)25)21(28)31-16/h3-9H,10H2,1-2H3,(H2,23,25)/b16-9-. The number of esters is 1. The van der Waals surface area contributed by atoms with Crippen molar-refractivity contribution in [2.24, 2.45) is 5.73 Å². The first-order chi connectivity index (χ1) is 14.7. The fourth-order valence-electron chi connectivity index (χ4n) is 2.71. The summed E-state index contributed by atoms with van der Waals surface area (Å²) in [4.78, 5) is 48.7. The average molecular weight is 461 g/mol. The van der Waals surface area contributed by atoms with E-state index < -0.39 is 29.6 Å². The van der Waals surface area contributed by atoms with Gasteiger partial charge in [-0.2, -0.15) is 0 Å². The van der Waals surface area contributed by atoms with E-state index in [2.05, 4.69) is 0 Å². The number of rotatable bonds is 6. The number of methoxy groups -OCH3 is 1. The molecule has 2 N–H and O–H groups in total. The highest BCUT2D eigenvalue weighted by Gasteiger charge is 2.36. The zero-order chi connectivity index (χ0) is 22.7. The molecule has 0 radical (unpaired) electrons. The summed E-state index contributed by atoms with van der Waals surface area (Å²) in [7, 11) is 1.37. The van der Waals surface area contributed by atoms with E-state index in [0.29, 0.717) is 22.9 Å². The normalized spacial score (nSPS) is 14.8. The Bertz CT molecular complexity index is 1110. The average Bonchev–Trinajstić information content (AvgIpc) is 2.97. The van der Waals surface area contributed by atoms with Gasteiger partial charge in [0.25, 0.3) is 11.1 Å². The molecule has 3 rings (SSSR count). The Morgan fingerprint density at radius 2 is 1.87 bits per heavy atom. The van der Waals surface area contributed by atoms with Gasteiger partial charge < -0.3 is 15.2 Å². The van der Waals surface area contributed by atoms with Crippen molar-refractivity contribution in [3.63, 3.8) is 0 Å². The lowest BCUT2D eigenvalue weighted by molar-refractivity contribution is -0.127. The van der Waals surface area contributed by atoms with Gasteiger partial charge in [0.1, 0.15) is 6.54 Å². The Hall–Kier alpha value is -3.30. The predicted molar refractivity (Wildman–Crippen MR) is 116 cm³/mol. The third-order valence-corrected chi connectivity index (χ3v) is 5.41. The number of hydrogen-bond acceptors (Lipinski definition) is 7. The number of imide groups is 1. The molecule has 2 aromatic rings. The Labute approximate surface area is 186 Å². The molecule has 0 aliphatic carbocycles. The summed E-state index contributed by atoms with van der Waals surface area (Å²) >= 11 is 6.97. The number of nitrogens with two attached hydrogens (primary N) is 1. The van der Waals surface area contributed by atoms with E-state index in [1.165, 1.54) is 25.3 Å². The molecule has 1 fully saturated rings. The van der Waals surface area contributed by atoms with Crippen LogP contribution in [0.2, 0.25) is 5.02 Å². The van der Waals surface area contributed by atoms with Crippen LogP contribution in [0.3, 0.4) is 0 Å². The second-order valence-electron chi connectivity index (χ2n) is 6.52. The van der Waals surface area contributed by atoms with Crippen LogP contribution in [-0.4, -0.2) is 41.6 Å². The zero-order valence-corrected chi connectivity index (χ0v) is 18.1. The molecule has 1 aliphatic rings. The van der Waals surface area contributed by atoms with Crippen molar-refractivity contribution >= 4 is 52.5 Å². The molecule has 1 saturated heterocycles. The molecule has 2 aromatic carbocycles. The van der Waals surface area contributed by atoms with Crippen molar-refractivity contribution in [3.05, 3.63) is 63.0 Å². The minimum absolute atomic E-state index is 0.0220. The lowest BCUT2D eigenvalue weighted by Crippen LogP contribution is -2.36. The van der Waals surface area contributed by atoms with E-state index in [0.717, 1.165) is 10.5 Å². The molecule has 0 aromatic heterocycles. The Kier molecular flexibility index (Phi) is 6.67. The number of halogens is 1. The predicted octanol–water partition coefficient (Wildman–Crippen LogP) is 3.40. The summed E-state index contributed by atoms with van der Waals surface area (Å²) in [6.45, 7) is 1.40.